The van der Waals surface area contributed by atoms with Gasteiger partial charge in [0.2, 0.25) is 0 Å². The van der Waals surface area contributed by atoms with Crippen LogP contribution >= 0.6 is 0 Å². The van der Waals surface area contributed by atoms with Gasteiger partial charge in [0.05, 0.1) is 5.35 Å². The summed E-state index contributed by atoms with van der Waals surface area (Å²) >= 11 is 0. The third-order valence-electron chi connectivity index (χ3n) is 5.97. The fourth-order valence-corrected chi connectivity index (χ4v) is 4.15. The summed E-state index contributed by atoms with van der Waals surface area (Å²) in [6, 6.07) is 38.8. The van der Waals surface area contributed by atoms with Crippen LogP contribution in [0.15, 0.2) is 124 Å². The molecule has 0 N–H and O–H groups in total. The highest BCUT2D eigenvalue weighted by Crippen LogP contribution is 2.34. The van der Waals surface area contributed by atoms with Crippen LogP contribution in [0, 0.1) is 0 Å². The van der Waals surface area contributed by atoms with Crippen LogP contribution in [0.4, 0.5) is 17.1 Å². The maximum Gasteiger partial charge on any atom is 0.419 e. The lowest BCUT2D eigenvalue weighted by molar-refractivity contribution is 0.457. The summed E-state index contributed by atoms with van der Waals surface area (Å²) in [5.74, 6) is -0.381. The van der Waals surface area contributed by atoms with Gasteiger partial charge in [0.25, 0.3) is 0 Å². The number of hydrogen-bond donors (Lipinski definition) is 0. The molecule has 0 bridgehead atoms. The lowest BCUT2D eigenvalue weighted by atomic mass is 10.1. The fourth-order valence-electron chi connectivity index (χ4n) is 4.15. The minimum Gasteiger partial charge on any atom is -0.408 e. The molecule has 5 rings (SSSR count). The van der Waals surface area contributed by atoms with Crippen molar-refractivity contribution in [3.05, 3.63) is 148 Å². The SMILES string of the molecule is C=c1/c(=C\c2ccc(N(c3ccccc3)c3ccccc3)cc2)oc(=O)n1CCc1ccccc1. The van der Waals surface area contributed by atoms with Crippen molar-refractivity contribution in [3.63, 3.8) is 0 Å². The molecule has 4 nitrogen and oxygen atoms in total. The van der Waals surface area contributed by atoms with E-state index in [1.54, 1.807) is 4.57 Å². The van der Waals surface area contributed by atoms with Gasteiger partial charge in [-0.05, 0) is 60.0 Å². The third-order valence-corrected chi connectivity index (χ3v) is 5.97. The van der Waals surface area contributed by atoms with Crippen LogP contribution in [0.1, 0.15) is 11.1 Å². The van der Waals surface area contributed by atoms with Crippen molar-refractivity contribution in [1.82, 2.24) is 4.57 Å². The minimum atomic E-state index is -0.381. The van der Waals surface area contributed by atoms with E-state index in [1.807, 2.05) is 72.8 Å². The molecule has 0 aliphatic rings. The zero-order valence-electron chi connectivity index (χ0n) is 19.4. The first kappa shape index (κ1) is 22.2. The van der Waals surface area contributed by atoms with E-state index in [0.29, 0.717) is 17.3 Å². The summed E-state index contributed by atoms with van der Waals surface area (Å²) in [5, 5.41) is 0.588. The van der Waals surface area contributed by atoms with Crippen molar-refractivity contribution < 1.29 is 4.42 Å². The van der Waals surface area contributed by atoms with Crippen LogP contribution in [0.2, 0.25) is 0 Å². The van der Waals surface area contributed by atoms with Crippen LogP contribution in [0.25, 0.3) is 12.7 Å². The second-order valence-electron chi connectivity index (χ2n) is 8.31. The lowest BCUT2D eigenvalue weighted by Crippen LogP contribution is -2.31. The molecule has 0 saturated carbocycles. The van der Waals surface area contributed by atoms with Gasteiger partial charge >= 0.3 is 5.76 Å². The second-order valence-corrected chi connectivity index (χ2v) is 8.31. The normalized spacial score (nSPS) is 11.5. The molecule has 35 heavy (non-hydrogen) atoms. The van der Waals surface area contributed by atoms with Gasteiger partial charge in [0, 0.05) is 23.6 Å². The summed E-state index contributed by atoms with van der Waals surface area (Å²) in [5.41, 5.74) is 5.79. The van der Waals surface area contributed by atoms with E-state index in [1.165, 1.54) is 5.56 Å². The number of hydrogen-bond acceptors (Lipinski definition) is 3. The summed E-state index contributed by atoms with van der Waals surface area (Å²) < 4.78 is 7.13. The number of anilines is 3. The molecular formula is C31H26N2O2. The van der Waals surface area contributed by atoms with Gasteiger partial charge in [0.15, 0.2) is 5.42 Å². The summed E-state index contributed by atoms with van der Waals surface area (Å²) in [4.78, 5) is 14.7. The van der Waals surface area contributed by atoms with Crippen LogP contribution in [0.3, 0.4) is 0 Å². The van der Waals surface area contributed by atoms with Crippen LogP contribution in [0.5, 0.6) is 0 Å². The number of rotatable bonds is 7. The molecule has 0 aliphatic heterocycles. The Morgan fingerprint density at radius 1 is 0.714 bits per heavy atom. The van der Waals surface area contributed by atoms with E-state index in [2.05, 4.69) is 60.0 Å². The number of aromatic nitrogens is 1. The summed E-state index contributed by atoms with van der Waals surface area (Å²) in [6.07, 6.45) is 2.60. The molecule has 0 saturated heterocycles. The Labute approximate surface area is 204 Å². The number of para-hydroxylation sites is 2. The number of aryl methyl sites for hydroxylation is 1. The van der Waals surface area contributed by atoms with E-state index in [9.17, 15) is 4.79 Å². The van der Waals surface area contributed by atoms with Crippen LogP contribution in [-0.2, 0) is 13.0 Å². The highest BCUT2D eigenvalue weighted by atomic mass is 16.4. The van der Waals surface area contributed by atoms with E-state index < -0.39 is 0 Å². The van der Waals surface area contributed by atoms with Crippen molar-refractivity contribution >= 4 is 29.7 Å². The molecular weight excluding hydrogens is 432 g/mol. The Bertz CT molecular complexity index is 1510. The van der Waals surface area contributed by atoms with Crippen LogP contribution in [-0.4, -0.2) is 4.57 Å². The van der Waals surface area contributed by atoms with Gasteiger partial charge in [-0.15, -0.1) is 0 Å². The molecule has 172 valence electrons. The molecule has 1 aromatic heterocycles. The van der Waals surface area contributed by atoms with Gasteiger partial charge in [-0.2, -0.15) is 0 Å². The zero-order valence-corrected chi connectivity index (χ0v) is 19.4. The fraction of sp³-hybridized carbons (Fsp3) is 0.0645. The molecule has 4 aromatic carbocycles. The molecule has 0 amide bonds. The molecule has 0 radical (unpaired) electrons. The molecule has 1 heterocycles. The first-order chi connectivity index (χ1) is 17.2. The quantitative estimate of drug-likeness (QED) is 0.328. The third kappa shape index (κ3) is 5.02. The standard InChI is InChI=1S/C31H26N2O2/c1-24-30(35-31(34)32(24)22-21-25-11-5-2-6-12-25)23-26-17-19-29(20-18-26)33(27-13-7-3-8-14-27)28-15-9-4-10-16-28/h2-20,23H,1,21-22H2/b30-23+. The maximum atomic E-state index is 12.5. The monoisotopic (exact) mass is 458 g/mol. The number of nitrogens with zero attached hydrogens (tertiary/aromatic N) is 2. The number of oxazole rings is 1. The van der Waals surface area contributed by atoms with Gasteiger partial charge in [0.1, 0.15) is 0 Å². The Hall–Kier alpha value is -4.57. The predicted octanol–water partition coefficient (Wildman–Crippen LogP) is 5.39. The van der Waals surface area contributed by atoms with E-state index >= 15 is 0 Å². The molecule has 0 unspecified atom stereocenters. The smallest absolute Gasteiger partial charge is 0.408 e. The Morgan fingerprint density at radius 2 is 1.23 bits per heavy atom. The van der Waals surface area contributed by atoms with E-state index in [-0.39, 0.29) is 5.76 Å². The molecule has 0 fully saturated rings. The average molecular weight is 459 g/mol. The first-order valence-electron chi connectivity index (χ1n) is 11.6. The topological polar surface area (TPSA) is 38.4 Å². The van der Waals surface area contributed by atoms with Crippen LogP contribution < -0.4 is 21.4 Å². The lowest BCUT2D eigenvalue weighted by Gasteiger charge is -2.25. The van der Waals surface area contributed by atoms with Gasteiger partial charge in [-0.25, -0.2) is 4.79 Å². The highest BCUT2D eigenvalue weighted by molar-refractivity contribution is 5.76. The largest absolute Gasteiger partial charge is 0.419 e. The van der Waals surface area contributed by atoms with Crippen molar-refractivity contribution in [2.45, 2.75) is 13.0 Å². The van der Waals surface area contributed by atoms with Crippen molar-refractivity contribution in [2.75, 3.05) is 4.90 Å². The predicted molar refractivity (Wildman–Crippen MR) is 143 cm³/mol. The number of benzene rings is 4. The highest BCUT2D eigenvalue weighted by Gasteiger charge is 2.11. The van der Waals surface area contributed by atoms with E-state index in [4.69, 9.17) is 4.42 Å². The zero-order chi connectivity index (χ0) is 24.0. The first-order valence-corrected chi connectivity index (χ1v) is 11.6. The molecule has 4 heteroatoms. The van der Waals surface area contributed by atoms with E-state index in [0.717, 1.165) is 29.0 Å². The van der Waals surface area contributed by atoms with Crippen molar-refractivity contribution in [3.8, 4) is 0 Å². The maximum absolute atomic E-state index is 12.5. The molecule has 0 atom stereocenters. The van der Waals surface area contributed by atoms with Crippen molar-refractivity contribution in [1.29, 1.82) is 0 Å². The second kappa shape index (κ2) is 10.1. The Kier molecular flexibility index (Phi) is 6.44. The van der Waals surface area contributed by atoms with Gasteiger partial charge in [-0.3, -0.25) is 4.57 Å². The average Bonchev–Trinajstić information content (AvgIpc) is 3.17. The summed E-state index contributed by atoms with van der Waals surface area (Å²) in [7, 11) is 0. The summed E-state index contributed by atoms with van der Waals surface area (Å²) in [6.45, 7) is 4.63. The van der Waals surface area contributed by atoms with Crippen molar-refractivity contribution in [2.24, 2.45) is 0 Å². The Morgan fingerprint density at radius 3 is 1.80 bits per heavy atom. The Balaban J connectivity index is 1.43. The molecule has 5 aromatic rings. The molecule has 0 spiro atoms. The molecule has 0 aliphatic carbocycles. The minimum absolute atomic E-state index is 0.381. The van der Waals surface area contributed by atoms with Gasteiger partial charge in [-0.1, -0.05) is 85.4 Å². The van der Waals surface area contributed by atoms with Gasteiger partial charge < -0.3 is 9.32 Å².